The van der Waals surface area contributed by atoms with Crippen molar-refractivity contribution in [3.05, 3.63) is 46.9 Å². The highest BCUT2D eigenvalue weighted by Crippen LogP contribution is 2.26. The third-order valence-corrected chi connectivity index (χ3v) is 4.96. The van der Waals surface area contributed by atoms with Crippen molar-refractivity contribution in [3.63, 3.8) is 0 Å². The molecule has 0 bridgehead atoms. The molecule has 1 amide bonds. The summed E-state index contributed by atoms with van der Waals surface area (Å²) in [5, 5.41) is 9.51. The summed E-state index contributed by atoms with van der Waals surface area (Å²) in [6.07, 6.45) is 1.91. The number of benzene rings is 1. The number of aryl methyl sites for hydroxylation is 3. The number of rotatable bonds is 6. The van der Waals surface area contributed by atoms with Gasteiger partial charge in [0.25, 0.3) is 5.91 Å². The summed E-state index contributed by atoms with van der Waals surface area (Å²) in [5.41, 5.74) is 5.65. The molecule has 8 nitrogen and oxygen atoms in total. The average molecular weight is 396 g/mol. The SMILES string of the molecule is Cc1ccc2nc(COCC(=O)Nc3nc(-c4cn(C)nc4C)cs3)[nH]c2c1. The molecule has 0 aliphatic heterocycles. The van der Waals surface area contributed by atoms with Crippen molar-refractivity contribution in [1.82, 2.24) is 24.7 Å². The van der Waals surface area contributed by atoms with Gasteiger partial charge in [0.2, 0.25) is 0 Å². The monoisotopic (exact) mass is 396 g/mol. The number of imidazole rings is 1. The maximum absolute atomic E-state index is 12.1. The maximum atomic E-state index is 12.1. The van der Waals surface area contributed by atoms with E-state index in [0.717, 1.165) is 33.5 Å². The molecular formula is C19H20N6O2S. The van der Waals surface area contributed by atoms with E-state index in [4.69, 9.17) is 4.74 Å². The van der Waals surface area contributed by atoms with Crippen LogP contribution in [-0.4, -0.2) is 37.2 Å². The second-order valence-corrected chi connectivity index (χ2v) is 7.44. The van der Waals surface area contributed by atoms with Crippen LogP contribution in [0.4, 0.5) is 5.13 Å². The minimum absolute atomic E-state index is 0.0725. The molecule has 4 rings (SSSR count). The molecule has 0 spiro atoms. The molecule has 144 valence electrons. The van der Waals surface area contributed by atoms with Gasteiger partial charge in [-0.25, -0.2) is 9.97 Å². The van der Waals surface area contributed by atoms with Crippen molar-refractivity contribution in [2.45, 2.75) is 20.5 Å². The molecule has 9 heteroatoms. The first-order valence-corrected chi connectivity index (χ1v) is 9.65. The standard InChI is InChI=1S/C19H20N6O2S/c1-11-4-5-14-15(6-11)21-17(20-14)8-27-9-18(26)23-19-22-16(10-28-19)13-7-25(3)24-12(13)2/h4-7,10H,8-9H2,1-3H3,(H,20,21)(H,22,23,26). The third kappa shape index (κ3) is 3.95. The minimum atomic E-state index is -0.254. The molecule has 3 aromatic heterocycles. The molecule has 0 saturated heterocycles. The Hall–Kier alpha value is -3.04. The first-order valence-electron chi connectivity index (χ1n) is 8.77. The number of fused-ring (bicyclic) bond motifs is 1. The molecule has 3 heterocycles. The number of hydrogen-bond donors (Lipinski definition) is 2. The van der Waals surface area contributed by atoms with Crippen LogP contribution < -0.4 is 5.32 Å². The molecule has 0 radical (unpaired) electrons. The minimum Gasteiger partial charge on any atom is -0.364 e. The van der Waals surface area contributed by atoms with Crippen LogP contribution in [0.5, 0.6) is 0 Å². The van der Waals surface area contributed by atoms with Gasteiger partial charge in [-0.3, -0.25) is 14.8 Å². The summed E-state index contributed by atoms with van der Waals surface area (Å²) in [4.78, 5) is 24.2. The van der Waals surface area contributed by atoms with Crippen molar-refractivity contribution in [1.29, 1.82) is 0 Å². The van der Waals surface area contributed by atoms with Crippen molar-refractivity contribution < 1.29 is 9.53 Å². The van der Waals surface area contributed by atoms with E-state index in [2.05, 4.69) is 25.4 Å². The van der Waals surface area contributed by atoms with Gasteiger partial charge in [0.1, 0.15) is 19.0 Å². The van der Waals surface area contributed by atoms with Crippen LogP contribution in [0, 0.1) is 13.8 Å². The molecular weight excluding hydrogens is 376 g/mol. The molecule has 1 aromatic carbocycles. The molecule has 0 atom stereocenters. The lowest BCUT2D eigenvalue weighted by molar-refractivity contribution is -0.121. The number of aromatic amines is 1. The summed E-state index contributed by atoms with van der Waals surface area (Å²) in [7, 11) is 1.87. The number of nitrogens with one attached hydrogen (secondary N) is 2. The van der Waals surface area contributed by atoms with E-state index in [-0.39, 0.29) is 19.1 Å². The van der Waals surface area contributed by atoms with Gasteiger partial charge in [0, 0.05) is 24.2 Å². The van der Waals surface area contributed by atoms with Gasteiger partial charge in [0.05, 0.1) is 22.4 Å². The molecule has 4 aromatic rings. The van der Waals surface area contributed by atoms with Crippen LogP contribution in [0.3, 0.4) is 0 Å². The third-order valence-electron chi connectivity index (χ3n) is 4.20. The Morgan fingerprint density at radius 2 is 2.18 bits per heavy atom. The zero-order valence-corrected chi connectivity index (χ0v) is 16.6. The van der Waals surface area contributed by atoms with E-state index in [9.17, 15) is 4.79 Å². The van der Waals surface area contributed by atoms with E-state index >= 15 is 0 Å². The highest BCUT2D eigenvalue weighted by molar-refractivity contribution is 7.14. The first-order chi connectivity index (χ1) is 13.5. The van der Waals surface area contributed by atoms with Crippen LogP contribution in [0.1, 0.15) is 17.1 Å². The molecule has 2 N–H and O–H groups in total. The predicted molar refractivity (Wildman–Crippen MR) is 108 cm³/mol. The second-order valence-electron chi connectivity index (χ2n) is 6.58. The Balaban J connectivity index is 1.31. The van der Waals surface area contributed by atoms with Crippen molar-refractivity contribution in [2.75, 3.05) is 11.9 Å². The maximum Gasteiger partial charge on any atom is 0.252 e. The number of thiazole rings is 1. The largest absolute Gasteiger partial charge is 0.364 e. The fraction of sp³-hybridized carbons (Fsp3) is 0.263. The lowest BCUT2D eigenvalue weighted by atomic mass is 10.2. The highest BCUT2D eigenvalue weighted by Gasteiger charge is 2.12. The first kappa shape index (κ1) is 18.3. The van der Waals surface area contributed by atoms with E-state index in [1.807, 2.05) is 50.7 Å². The number of H-pyrrole nitrogens is 1. The Morgan fingerprint density at radius 1 is 1.32 bits per heavy atom. The summed E-state index contributed by atoms with van der Waals surface area (Å²) in [6, 6.07) is 6.00. The van der Waals surface area contributed by atoms with Gasteiger partial charge in [-0.15, -0.1) is 11.3 Å². The number of carbonyl (C=O) groups excluding carboxylic acids is 1. The summed E-state index contributed by atoms with van der Waals surface area (Å²) >= 11 is 1.37. The zero-order valence-electron chi connectivity index (χ0n) is 15.8. The predicted octanol–water partition coefficient (Wildman–Crippen LogP) is 3.19. The Morgan fingerprint density at radius 3 is 2.96 bits per heavy atom. The van der Waals surface area contributed by atoms with E-state index < -0.39 is 0 Å². The zero-order chi connectivity index (χ0) is 19.7. The normalized spacial score (nSPS) is 11.2. The van der Waals surface area contributed by atoms with Crippen LogP contribution in [0.25, 0.3) is 22.3 Å². The Labute approximate surface area is 165 Å². The van der Waals surface area contributed by atoms with Gasteiger partial charge in [-0.05, 0) is 31.5 Å². The molecule has 0 unspecified atom stereocenters. The van der Waals surface area contributed by atoms with E-state index in [1.165, 1.54) is 11.3 Å². The highest BCUT2D eigenvalue weighted by atomic mass is 32.1. The molecule has 0 saturated carbocycles. The van der Waals surface area contributed by atoms with Gasteiger partial charge < -0.3 is 9.72 Å². The van der Waals surface area contributed by atoms with Crippen LogP contribution in [-0.2, 0) is 23.2 Å². The quantitative estimate of drug-likeness (QED) is 0.522. The lowest BCUT2D eigenvalue weighted by Crippen LogP contribution is -2.18. The number of nitrogens with zero attached hydrogens (tertiary/aromatic N) is 4. The molecule has 0 aliphatic rings. The fourth-order valence-corrected chi connectivity index (χ4v) is 3.67. The fourth-order valence-electron chi connectivity index (χ4n) is 2.95. The summed E-state index contributed by atoms with van der Waals surface area (Å²) < 4.78 is 7.23. The van der Waals surface area contributed by atoms with Crippen molar-refractivity contribution >= 4 is 33.4 Å². The smallest absolute Gasteiger partial charge is 0.252 e. The Kier molecular flexibility index (Phi) is 4.93. The van der Waals surface area contributed by atoms with Crippen molar-refractivity contribution in [3.8, 4) is 11.3 Å². The number of carbonyl (C=O) groups is 1. The molecule has 0 aliphatic carbocycles. The van der Waals surface area contributed by atoms with E-state index in [1.54, 1.807) is 4.68 Å². The lowest BCUT2D eigenvalue weighted by Gasteiger charge is -2.02. The van der Waals surface area contributed by atoms with Crippen LogP contribution >= 0.6 is 11.3 Å². The van der Waals surface area contributed by atoms with Gasteiger partial charge in [0.15, 0.2) is 5.13 Å². The number of ether oxygens (including phenoxy) is 1. The van der Waals surface area contributed by atoms with Crippen LogP contribution in [0.15, 0.2) is 29.8 Å². The van der Waals surface area contributed by atoms with Crippen molar-refractivity contribution in [2.24, 2.45) is 7.05 Å². The summed E-state index contributed by atoms with van der Waals surface area (Å²) in [5.74, 6) is 0.438. The topological polar surface area (TPSA) is 97.7 Å². The van der Waals surface area contributed by atoms with E-state index in [0.29, 0.717) is 11.0 Å². The summed E-state index contributed by atoms with van der Waals surface area (Å²) in [6.45, 7) is 4.12. The number of aromatic nitrogens is 5. The van der Waals surface area contributed by atoms with Crippen LogP contribution in [0.2, 0.25) is 0 Å². The molecule has 0 fully saturated rings. The Bertz CT molecular complexity index is 1140. The number of hydrogen-bond acceptors (Lipinski definition) is 6. The second kappa shape index (κ2) is 7.53. The average Bonchev–Trinajstić information content (AvgIpc) is 3.33. The van der Waals surface area contributed by atoms with Gasteiger partial charge >= 0.3 is 0 Å². The van der Waals surface area contributed by atoms with Gasteiger partial charge in [-0.2, -0.15) is 5.10 Å². The molecule has 28 heavy (non-hydrogen) atoms. The number of anilines is 1. The van der Waals surface area contributed by atoms with Gasteiger partial charge in [-0.1, -0.05) is 6.07 Å². The number of amides is 1.